The molecular formula is C30H35N5O. The molecule has 0 spiro atoms. The largest absolute Gasteiger partial charge is 0.396 e. The normalized spacial score (nSPS) is 26.7. The number of rotatable bonds is 10. The Bertz CT molecular complexity index is 1200. The first kappa shape index (κ1) is 24.3. The van der Waals surface area contributed by atoms with Gasteiger partial charge in [0, 0.05) is 54.6 Å². The van der Waals surface area contributed by atoms with Crippen LogP contribution in [0, 0.1) is 17.3 Å². The second-order valence-electron chi connectivity index (χ2n) is 10.1. The Balaban J connectivity index is 1.35. The summed E-state index contributed by atoms with van der Waals surface area (Å²) in [4.78, 5) is 9.91. The molecule has 6 heteroatoms. The molecule has 1 saturated carbocycles. The number of aromatic nitrogens is 2. The minimum atomic E-state index is -0.0215. The molecule has 3 heterocycles. The number of aromatic amines is 1. The number of fused-ring (bicyclic) bond motifs is 1. The van der Waals surface area contributed by atoms with Crippen molar-refractivity contribution in [3.8, 4) is 0 Å². The summed E-state index contributed by atoms with van der Waals surface area (Å²) in [5.41, 5.74) is 6.23. The Morgan fingerprint density at radius 3 is 2.81 bits per heavy atom. The van der Waals surface area contributed by atoms with Crippen LogP contribution in [-0.2, 0) is 0 Å². The number of allylic oxidation sites excluding steroid dienone is 8. The number of aliphatic imine (C=N–C) groups is 2. The van der Waals surface area contributed by atoms with Gasteiger partial charge in [0.25, 0.3) is 0 Å². The van der Waals surface area contributed by atoms with Gasteiger partial charge in [0.2, 0.25) is 0 Å². The highest BCUT2D eigenvalue weighted by Gasteiger charge is 2.36. The third kappa shape index (κ3) is 4.84. The van der Waals surface area contributed by atoms with Crippen LogP contribution in [0.2, 0.25) is 0 Å². The summed E-state index contributed by atoms with van der Waals surface area (Å²) in [5.74, 6) is 0.459. The van der Waals surface area contributed by atoms with E-state index in [2.05, 4.69) is 64.0 Å². The van der Waals surface area contributed by atoms with Crippen molar-refractivity contribution in [3.05, 3.63) is 103 Å². The number of hydrogen-bond acceptors (Lipinski definition) is 5. The maximum Gasteiger partial charge on any atom is 0.0824 e. The standard InChI is InChI=1S/C30H35N5O/c1-3-6-22(4-2)25-15-26-27(11-14-32-28(26)24-17-33-34-18-24)35-29(25)23-9-7-21(8-10-23)16-31-19-30(20-36)12-5-13-30/h3-4,6-7,9-11,14-15,17-18,21,26-27,31,36H,1-2,5,8,12-13,16,19-20H2,(H,33,34)/b22-6+. The smallest absolute Gasteiger partial charge is 0.0824 e. The molecule has 2 aliphatic carbocycles. The van der Waals surface area contributed by atoms with Crippen LogP contribution >= 0.6 is 0 Å². The zero-order valence-corrected chi connectivity index (χ0v) is 20.7. The highest BCUT2D eigenvalue weighted by molar-refractivity contribution is 6.19. The first-order valence-electron chi connectivity index (χ1n) is 12.9. The SMILES string of the molecule is C=C/C=C(\C=C)C1=CC2C(c3cn[nH]c3)=NC=CC2N=C1C1=CCC(CNCC2(CO)CCC2)C=C1. The minimum Gasteiger partial charge on any atom is -0.396 e. The highest BCUT2D eigenvalue weighted by atomic mass is 16.3. The Labute approximate surface area is 213 Å². The number of H-pyrrole nitrogens is 1. The average Bonchev–Trinajstić information content (AvgIpc) is 3.43. The fourth-order valence-electron chi connectivity index (χ4n) is 5.45. The first-order valence-corrected chi connectivity index (χ1v) is 12.9. The number of hydrogen-bond donors (Lipinski definition) is 3. The van der Waals surface area contributed by atoms with E-state index in [9.17, 15) is 5.11 Å². The van der Waals surface area contributed by atoms with E-state index < -0.39 is 0 Å². The molecule has 3 N–H and O–H groups in total. The van der Waals surface area contributed by atoms with Crippen molar-refractivity contribution in [2.45, 2.75) is 31.7 Å². The molecular weight excluding hydrogens is 446 g/mol. The maximum absolute atomic E-state index is 9.72. The van der Waals surface area contributed by atoms with Crippen LogP contribution in [0.1, 0.15) is 31.2 Å². The van der Waals surface area contributed by atoms with Gasteiger partial charge in [-0.2, -0.15) is 5.10 Å². The first-order chi connectivity index (χ1) is 17.7. The molecule has 5 rings (SSSR count). The molecule has 3 atom stereocenters. The van der Waals surface area contributed by atoms with E-state index in [1.54, 1.807) is 6.08 Å². The molecule has 186 valence electrons. The van der Waals surface area contributed by atoms with Crippen LogP contribution in [0.15, 0.2) is 107 Å². The molecule has 0 bridgehead atoms. The summed E-state index contributed by atoms with van der Waals surface area (Å²) < 4.78 is 0. The van der Waals surface area contributed by atoms with E-state index in [4.69, 9.17) is 4.99 Å². The fraction of sp³-hybridized carbons (Fsp3) is 0.367. The summed E-state index contributed by atoms with van der Waals surface area (Å²) in [6.45, 7) is 10.1. The van der Waals surface area contributed by atoms with E-state index in [1.807, 2.05) is 30.7 Å². The second kappa shape index (κ2) is 10.7. The van der Waals surface area contributed by atoms with Crippen molar-refractivity contribution in [3.63, 3.8) is 0 Å². The minimum absolute atomic E-state index is 0.0215. The molecule has 6 nitrogen and oxygen atoms in total. The molecule has 0 radical (unpaired) electrons. The van der Waals surface area contributed by atoms with E-state index in [-0.39, 0.29) is 24.0 Å². The van der Waals surface area contributed by atoms with E-state index in [0.717, 1.165) is 66.1 Å². The van der Waals surface area contributed by atoms with Crippen LogP contribution in [0.4, 0.5) is 0 Å². The van der Waals surface area contributed by atoms with Crippen LogP contribution in [0.25, 0.3) is 0 Å². The van der Waals surface area contributed by atoms with Crippen molar-refractivity contribution in [1.29, 1.82) is 0 Å². The highest BCUT2D eigenvalue weighted by Crippen LogP contribution is 2.39. The molecule has 1 fully saturated rings. The third-order valence-corrected chi connectivity index (χ3v) is 7.80. The van der Waals surface area contributed by atoms with Crippen molar-refractivity contribution in [1.82, 2.24) is 15.5 Å². The number of aliphatic hydroxyl groups is 1. The van der Waals surface area contributed by atoms with Crippen LogP contribution < -0.4 is 5.32 Å². The molecule has 0 aromatic carbocycles. The van der Waals surface area contributed by atoms with Crippen LogP contribution in [0.5, 0.6) is 0 Å². The summed E-state index contributed by atoms with van der Waals surface area (Å²) in [6, 6.07) is -0.0215. The molecule has 1 aromatic heterocycles. The molecule has 0 amide bonds. The van der Waals surface area contributed by atoms with Crippen molar-refractivity contribution >= 4 is 11.4 Å². The van der Waals surface area contributed by atoms with Gasteiger partial charge in [-0.1, -0.05) is 62.1 Å². The Morgan fingerprint density at radius 2 is 2.17 bits per heavy atom. The lowest BCUT2D eigenvalue weighted by Crippen LogP contribution is -2.43. The average molecular weight is 482 g/mol. The van der Waals surface area contributed by atoms with Gasteiger partial charge in [0.1, 0.15) is 0 Å². The molecule has 0 saturated heterocycles. The van der Waals surface area contributed by atoms with Crippen LogP contribution in [-0.4, -0.2) is 52.5 Å². The van der Waals surface area contributed by atoms with Crippen LogP contribution in [0.3, 0.4) is 0 Å². The predicted molar refractivity (Wildman–Crippen MR) is 147 cm³/mol. The molecule has 3 unspecified atom stereocenters. The van der Waals surface area contributed by atoms with E-state index in [0.29, 0.717) is 5.92 Å². The topological polar surface area (TPSA) is 85.7 Å². The third-order valence-electron chi connectivity index (χ3n) is 7.80. The summed E-state index contributed by atoms with van der Waals surface area (Å²) >= 11 is 0. The fourth-order valence-corrected chi connectivity index (χ4v) is 5.45. The lowest BCUT2D eigenvalue weighted by Gasteiger charge is -2.40. The van der Waals surface area contributed by atoms with Crippen molar-refractivity contribution in [2.24, 2.45) is 27.2 Å². The number of aliphatic hydroxyl groups excluding tert-OH is 1. The monoisotopic (exact) mass is 481 g/mol. The summed E-state index contributed by atoms with van der Waals surface area (Å²) in [7, 11) is 0. The number of dihydropyridines is 1. The van der Waals surface area contributed by atoms with E-state index >= 15 is 0 Å². The maximum atomic E-state index is 9.72. The predicted octanol–water partition coefficient (Wildman–Crippen LogP) is 4.65. The zero-order chi connectivity index (χ0) is 25.0. The number of nitrogens with zero attached hydrogens (tertiary/aromatic N) is 3. The lowest BCUT2D eigenvalue weighted by molar-refractivity contribution is 0.0444. The van der Waals surface area contributed by atoms with Crippen molar-refractivity contribution < 1.29 is 5.11 Å². The van der Waals surface area contributed by atoms with Gasteiger partial charge in [-0.15, -0.1) is 0 Å². The van der Waals surface area contributed by atoms with E-state index in [1.165, 1.54) is 6.42 Å². The zero-order valence-electron chi connectivity index (χ0n) is 20.7. The van der Waals surface area contributed by atoms with Gasteiger partial charge in [-0.05, 0) is 42.4 Å². The molecule has 36 heavy (non-hydrogen) atoms. The Morgan fingerprint density at radius 1 is 1.28 bits per heavy atom. The second-order valence-corrected chi connectivity index (χ2v) is 10.1. The Hall–Kier alpha value is -3.35. The van der Waals surface area contributed by atoms with Gasteiger partial charge in [0.05, 0.1) is 23.7 Å². The van der Waals surface area contributed by atoms with Gasteiger partial charge in [0.15, 0.2) is 0 Å². The molecule has 4 aliphatic rings. The van der Waals surface area contributed by atoms with Crippen molar-refractivity contribution in [2.75, 3.05) is 19.7 Å². The molecule has 2 aliphatic heterocycles. The lowest BCUT2D eigenvalue weighted by atomic mass is 9.69. The van der Waals surface area contributed by atoms with Gasteiger partial charge in [-0.3, -0.25) is 15.1 Å². The summed E-state index contributed by atoms with van der Waals surface area (Å²) in [6.07, 6.45) is 26.8. The number of nitrogens with one attached hydrogen (secondary N) is 2. The summed E-state index contributed by atoms with van der Waals surface area (Å²) in [5, 5.41) is 20.3. The molecule has 1 aromatic rings. The quantitative estimate of drug-likeness (QED) is 0.426. The van der Waals surface area contributed by atoms with Gasteiger partial charge >= 0.3 is 0 Å². The van der Waals surface area contributed by atoms with Gasteiger partial charge < -0.3 is 10.4 Å². The Kier molecular flexibility index (Phi) is 7.25. The van der Waals surface area contributed by atoms with Gasteiger partial charge in [-0.25, -0.2) is 0 Å².